The Morgan fingerprint density at radius 2 is 1.86 bits per heavy atom. The van der Waals surface area contributed by atoms with Crippen LogP contribution in [-0.2, 0) is 23.7 Å². The summed E-state index contributed by atoms with van der Waals surface area (Å²) in [6, 6.07) is -0.232. The summed E-state index contributed by atoms with van der Waals surface area (Å²) in [5.74, 6) is -1.32. The van der Waals surface area contributed by atoms with E-state index in [2.05, 4.69) is 15.5 Å². The van der Waals surface area contributed by atoms with Gasteiger partial charge in [-0.3, -0.25) is 0 Å². The molecule has 4 rings (SSSR count). The van der Waals surface area contributed by atoms with Crippen molar-refractivity contribution in [3.63, 3.8) is 0 Å². The minimum Gasteiger partial charge on any atom is -0.348 e. The molecule has 22 heavy (non-hydrogen) atoms. The lowest BCUT2D eigenvalue weighted by molar-refractivity contribution is -0.226. The van der Waals surface area contributed by atoms with Crippen LogP contribution in [0.2, 0.25) is 0 Å². The summed E-state index contributed by atoms with van der Waals surface area (Å²) in [5, 5.41) is 11.4. The summed E-state index contributed by atoms with van der Waals surface area (Å²) in [6.45, 7) is 7.92. The van der Waals surface area contributed by atoms with Crippen molar-refractivity contribution in [3.05, 3.63) is 6.33 Å². The largest absolute Gasteiger partial charge is 0.348 e. The molecule has 0 radical (unpaired) electrons. The Morgan fingerprint density at radius 1 is 1.05 bits per heavy atom. The van der Waals surface area contributed by atoms with Gasteiger partial charge in [-0.1, -0.05) is 0 Å². The minimum atomic E-state index is -0.696. The second-order valence-corrected chi connectivity index (χ2v) is 6.72. The lowest BCUT2D eigenvalue weighted by atomic mass is 10.0. The molecule has 0 amide bonds. The Hall–Kier alpha value is -1.13. The van der Waals surface area contributed by atoms with Crippen molar-refractivity contribution in [2.75, 3.05) is 6.61 Å². The summed E-state index contributed by atoms with van der Waals surface area (Å²) in [5.41, 5.74) is 0. The molecule has 122 valence electrons. The van der Waals surface area contributed by atoms with Crippen molar-refractivity contribution in [3.8, 4) is 0 Å². The van der Waals surface area contributed by atoms with E-state index in [1.807, 2.05) is 27.7 Å². The third-order valence-corrected chi connectivity index (χ3v) is 4.12. The van der Waals surface area contributed by atoms with E-state index in [9.17, 15) is 0 Å². The van der Waals surface area contributed by atoms with Crippen LogP contribution in [-0.4, -0.2) is 63.0 Å². The van der Waals surface area contributed by atoms with Crippen LogP contribution in [0.4, 0.5) is 0 Å². The van der Waals surface area contributed by atoms with Crippen LogP contribution in [0.3, 0.4) is 0 Å². The fourth-order valence-corrected chi connectivity index (χ4v) is 3.31. The molecule has 3 aliphatic heterocycles. The molecule has 0 bridgehead atoms. The minimum absolute atomic E-state index is 0.231. The molecule has 0 saturated carbocycles. The van der Waals surface area contributed by atoms with Crippen LogP contribution in [0.15, 0.2) is 6.33 Å². The molecular formula is C13H20N4O5. The quantitative estimate of drug-likeness (QED) is 0.767. The number of hydrogen-bond acceptors (Lipinski definition) is 8. The Balaban J connectivity index is 1.62. The van der Waals surface area contributed by atoms with Crippen molar-refractivity contribution >= 4 is 0 Å². The van der Waals surface area contributed by atoms with Gasteiger partial charge in [0.2, 0.25) is 0 Å². The van der Waals surface area contributed by atoms with Crippen molar-refractivity contribution in [1.82, 2.24) is 20.2 Å². The lowest BCUT2D eigenvalue weighted by Crippen LogP contribution is -2.40. The Bertz CT molecular complexity index is 549. The van der Waals surface area contributed by atoms with Crippen molar-refractivity contribution in [1.29, 1.82) is 0 Å². The first-order chi connectivity index (χ1) is 10.3. The Labute approximate surface area is 127 Å². The maximum absolute atomic E-state index is 6.07. The SMILES string of the molecule is CC1(C)O[C@H]2O[C@H]([C@H]3COC(C)(C)O3)[C@H](n3cnnn3)[C@H]2O1. The van der Waals surface area contributed by atoms with Crippen LogP contribution in [0.1, 0.15) is 33.7 Å². The Morgan fingerprint density at radius 3 is 2.50 bits per heavy atom. The van der Waals surface area contributed by atoms with Gasteiger partial charge in [0.15, 0.2) is 17.9 Å². The molecule has 4 heterocycles. The van der Waals surface area contributed by atoms with Crippen molar-refractivity contribution < 1.29 is 23.7 Å². The second kappa shape index (κ2) is 4.68. The average molecular weight is 312 g/mol. The molecule has 9 nitrogen and oxygen atoms in total. The van der Waals surface area contributed by atoms with Gasteiger partial charge in [0.05, 0.1) is 6.61 Å². The van der Waals surface area contributed by atoms with E-state index < -0.39 is 17.9 Å². The predicted octanol–water partition coefficient (Wildman–Crippen LogP) is 0.242. The van der Waals surface area contributed by atoms with E-state index in [0.29, 0.717) is 6.61 Å². The fraction of sp³-hybridized carbons (Fsp3) is 0.923. The van der Waals surface area contributed by atoms with Crippen LogP contribution >= 0.6 is 0 Å². The van der Waals surface area contributed by atoms with Gasteiger partial charge in [-0.25, -0.2) is 4.68 Å². The van der Waals surface area contributed by atoms with Gasteiger partial charge in [-0.05, 0) is 38.1 Å². The fourth-order valence-electron chi connectivity index (χ4n) is 3.31. The number of aromatic nitrogens is 4. The number of hydrogen-bond donors (Lipinski definition) is 0. The van der Waals surface area contributed by atoms with Gasteiger partial charge in [-0.15, -0.1) is 5.10 Å². The highest BCUT2D eigenvalue weighted by molar-refractivity contribution is 4.99. The zero-order valence-corrected chi connectivity index (χ0v) is 13.0. The molecule has 1 aromatic rings. The second-order valence-electron chi connectivity index (χ2n) is 6.72. The van der Waals surface area contributed by atoms with Gasteiger partial charge in [0.1, 0.15) is 30.7 Å². The number of nitrogens with zero attached hydrogens (tertiary/aromatic N) is 4. The molecule has 3 saturated heterocycles. The lowest BCUT2D eigenvalue weighted by Gasteiger charge is -2.28. The number of tetrazole rings is 1. The molecule has 5 atom stereocenters. The number of rotatable bonds is 2. The summed E-state index contributed by atoms with van der Waals surface area (Å²) >= 11 is 0. The first-order valence-electron chi connectivity index (χ1n) is 7.40. The van der Waals surface area contributed by atoms with E-state index in [1.165, 1.54) is 0 Å². The van der Waals surface area contributed by atoms with Gasteiger partial charge < -0.3 is 23.7 Å². The molecule has 0 N–H and O–H groups in total. The van der Waals surface area contributed by atoms with E-state index in [4.69, 9.17) is 23.7 Å². The first-order valence-corrected chi connectivity index (χ1v) is 7.40. The third kappa shape index (κ3) is 2.33. The number of fused-ring (bicyclic) bond motifs is 1. The molecule has 3 aliphatic rings. The molecule has 3 fully saturated rings. The Kier molecular flexibility index (Phi) is 3.08. The average Bonchev–Trinajstić information content (AvgIpc) is 3.11. The molecule has 1 aromatic heterocycles. The molecule has 0 aliphatic carbocycles. The summed E-state index contributed by atoms with van der Waals surface area (Å²) in [4.78, 5) is 0. The maximum Gasteiger partial charge on any atom is 0.189 e. The zero-order chi connectivity index (χ0) is 15.5. The van der Waals surface area contributed by atoms with Crippen molar-refractivity contribution in [2.45, 2.75) is 69.9 Å². The van der Waals surface area contributed by atoms with E-state index in [0.717, 1.165) is 0 Å². The van der Waals surface area contributed by atoms with Gasteiger partial charge in [-0.2, -0.15) is 0 Å². The van der Waals surface area contributed by atoms with Gasteiger partial charge in [0.25, 0.3) is 0 Å². The third-order valence-electron chi connectivity index (χ3n) is 4.12. The topological polar surface area (TPSA) is 89.8 Å². The van der Waals surface area contributed by atoms with Gasteiger partial charge in [0, 0.05) is 0 Å². The smallest absolute Gasteiger partial charge is 0.189 e. The molecule has 0 aromatic carbocycles. The van der Waals surface area contributed by atoms with Crippen LogP contribution in [0.25, 0.3) is 0 Å². The van der Waals surface area contributed by atoms with E-state index in [1.54, 1.807) is 11.0 Å². The van der Waals surface area contributed by atoms with E-state index in [-0.39, 0.29) is 24.4 Å². The predicted molar refractivity (Wildman–Crippen MR) is 70.5 cm³/mol. The van der Waals surface area contributed by atoms with Gasteiger partial charge >= 0.3 is 0 Å². The maximum atomic E-state index is 6.07. The van der Waals surface area contributed by atoms with Crippen LogP contribution in [0, 0.1) is 0 Å². The summed E-state index contributed by atoms with van der Waals surface area (Å²) in [6.07, 6.45) is 0.248. The van der Waals surface area contributed by atoms with Crippen LogP contribution < -0.4 is 0 Å². The first kappa shape index (κ1) is 14.5. The molecular weight excluding hydrogens is 292 g/mol. The zero-order valence-electron chi connectivity index (χ0n) is 13.0. The molecule has 0 unspecified atom stereocenters. The standard InChI is InChI=1S/C13H20N4O5/c1-12(2)18-5-7(20-12)9-8(17-6-14-15-16-17)10-11(19-9)22-13(3,4)21-10/h6-11H,5H2,1-4H3/t7-,8+,9-,10-,11-/m1/s1. The molecule has 0 spiro atoms. The summed E-state index contributed by atoms with van der Waals surface area (Å²) < 4.78 is 31.1. The highest BCUT2D eigenvalue weighted by Crippen LogP contribution is 2.45. The highest BCUT2D eigenvalue weighted by Gasteiger charge is 2.59. The van der Waals surface area contributed by atoms with Crippen molar-refractivity contribution in [2.24, 2.45) is 0 Å². The normalized spacial score (nSPS) is 42.6. The number of ether oxygens (including phenoxy) is 5. The monoisotopic (exact) mass is 312 g/mol. The van der Waals surface area contributed by atoms with E-state index >= 15 is 0 Å². The van der Waals surface area contributed by atoms with Crippen LogP contribution in [0.5, 0.6) is 0 Å². The highest BCUT2D eigenvalue weighted by atomic mass is 16.8. The summed E-state index contributed by atoms with van der Waals surface area (Å²) in [7, 11) is 0. The molecule has 9 heteroatoms.